The molecule has 16 heavy (non-hydrogen) atoms. The van der Waals surface area contributed by atoms with Gasteiger partial charge in [-0.3, -0.25) is 0 Å². The van der Waals surface area contributed by atoms with Gasteiger partial charge in [0.15, 0.2) is 0 Å². The molecule has 2 N–H and O–H groups in total. The summed E-state index contributed by atoms with van der Waals surface area (Å²) in [6.45, 7) is 4.16. The number of ether oxygens (including phenoxy) is 1. The van der Waals surface area contributed by atoms with E-state index in [0.29, 0.717) is 11.9 Å². The van der Waals surface area contributed by atoms with Crippen LogP contribution in [-0.2, 0) is 0 Å². The van der Waals surface area contributed by atoms with E-state index in [-0.39, 0.29) is 12.0 Å². The summed E-state index contributed by atoms with van der Waals surface area (Å²) in [7, 11) is 1.53. The Balaban J connectivity index is 2.21. The van der Waals surface area contributed by atoms with Gasteiger partial charge < -0.3 is 15.4 Å². The normalized spacial score (nSPS) is 20.9. The minimum Gasteiger partial charge on any atom is -0.467 e. The van der Waals surface area contributed by atoms with Crippen molar-refractivity contribution in [1.29, 1.82) is 0 Å². The third kappa shape index (κ3) is 2.32. The van der Waals surface area contributed by atoms with Gasteiger partial charge in [-0.15, -0.1) is 0 Å². The average molecular weight is 223 g/mol. The molecule has 0 aromatic carbocycles. The van der Waals surface area contributed by atoms with E-state index >= 15 is 0 Å². The zero-order valence-corrected chi connectivity index (χ0v) is 9.68. The van der Waals surface area contributed by atoms with E-state index in [0.717, 1.165) is 19.5 Å². The molecule has 2 heterocycles. The van der Waals surface area contributed by atoms with Crippen molar-refractivity contribution >= 4 is 11.9 Å². The monoisotopic (exact) mass is 223 g/mol. The Kier molecular flexibility index (Phi) is 3.07. The Bertz CT molecular complexity index is 370. The highest BCUT2D eigenvalue weighted by atomic mass is 16.5. The quantitative estimate of drug-likeness (QED) is 0.795. The molecule has 1 aliphatic rings. The molecule has 0 radical (unpaired) electrons. The fourth-order valence-corrected chi connectivity index (χ4v) is 1.96. The number of nitrogen functional groups attached to an aromatic ring is 1. The van der Waals surface area contributed by atoms with Crippen molar-refractivity contribution in [2.45, 2.75) is 19.8 Å². The van der Waals surface area contributed by atoms with Crippen molar-refractivity contribution in [3.63, 3.8) is 0 Å². The summed E-state index contributed by atoms with van der Waals surface area (Å²) in [5.41, 5.74) is 5.61. The first kappa shape index (κ1) is 10.9. The van der Waals surface area contributed by atoms with Crippen molar-refractivity contribution < 1.29 is 4.74 Å². The number of nitrogens with zero attached hydrogens (tertiary/aromatic N) is 4. The smallest absolute Gasteiger partial charge is 0.322 e. The van der Waals surface area contributed by atoms with Crippen LogP contribution in [-0.4, -0.2) is 35.2 Å². The molecule has 0 spiro atoms. The average Bonchev–Trinajstić information content (AvgIpc) is 2.28. The van der Waals surface area contributed by atoms with E-state index in [1.54, 1.807) is 0 Å². The first-order chi connectivity index (χ1) is 7.69. The summed E-state index contributed by atoms with van der Waals surface area (Å²) < 4.78 is 4.98. The summed E-state index contributed by atoms with van der Waals surface area (Å²) in [6.07, 6.45) is 2.42. The molecule has 6 nitrogen and oxygen atoms in total. The number of piperidine rings is 1. The van der Waals surface area contributed by atoms with Crippen LogP contribution in [0, 0.1) is 5.92 Å². The molecule has 0 bridgehead atoms. The Morgan fingerprint density at radius 2 is 2.19 bits per heavy atom. The minimum atomic E-state index is 0.208. The van der Waals surface area contributed by atoms with Gasteiger partial charge >= 0.3 is 6.01 Å². The largest absolute Gasteiger partial charge is 0.467 e. The second kappa shape index (κ2) is 4.51. The van der Waals surface area contributed by atoms with Crippen LogP contribution in [0.2, 0.25) is 0 Å². The van der Waals surface area contributed by atoms with Crippen LogP contribution in [0.1, 0.15) is 19.8 Å². The van der Waals surface area contributed by atoms with Crippen LogP contribution in [0.15, 0.2) is 0 Å². The van der Waals surface area contributed by atoms with Crippen LogP contribution >= 0.6 is 0 Å². The standard InChI is InChI=1S/C10H17N5O/c1-7-4-3-5-15(6-7)9-12-8(11)13-10(14-9)16-2/h7H,3-6H2,1-2H3,(H2,11,12,13,14). The number of aromatic nitrogens is 3. The lowest BCUT2D eigenvalue weighted by molar-refractivity contribution is 0.376. The van der Waals surface area contributed by atoms with E-state index < -0.39 is 0 Å². The fraction of sp³-hybridized carbons (Fsp3) is 0.700. The minimum absolute atomic E-state index is 0.208. The summed E-state index contributed by atoms with van der Waals surface area (Å²) in [4.78, 5) is 14.4. The predicted molar refractivity (Wildman–Crippen MR) is 61.4 cm³/mol. The molecule has 1 saturated heterocycles. The lowest BCUT2D eigenvalue weighted by atomic mass is 10.0. The van der Waals surface area contributed by atoms with Crippen molar-refractivity contribution in [2.75, 3.05) is 30.8 Å². The van der Waals surface area contributed by atoms with Crippen LogP contribution < -0.4 is 15.4 Å². The molecule has 0 saturated carbocycles. The zero-order chi connectivity index (χ0) is 11.5. The Morgan fingerprint density at radius 3 is 2.88 bits per heavy atom. The summed E-state index contributed by atoms with van der Waals surface area (Å²) >= 11 is 0. The summed E-state index contributed by atoms with van der Waals surface area (Å²) in [5.74, 6) is 1.49. The topological polar surface area (TPSA) is 77.2 Å². The van der Waals surface area contributed by atoms with Gasteiger partial charge in [-0.25, -0.2) is 0 Å². The van der Waals surface area contributed by atoms with Gasteiger partial charge in [-0.1, -0.05) is 6.92 Å². The second-order valence-electron chi connectivity index (χ2n) is 4.17. The van der Waals surface area contributed by atoms with Crippen molar-refractivity contribution in [3.05, 3.63) is 0 Å². The highest BCUT2D eigenvalue weighted by molar-refractivity contribution is 5.36. The molecule has 1 unspecified atom stereocenters. The van der Waals surface area contributed by atoms with Gasteiger partial charge in [-0.05, 0) is 18.8 Å². The second-order valence-corrected chi connectivity index (χ2v) is 4.17. The van der Waals surface area contributed by atoms with E-state index in [1.807, 2.05) is 0 Å². The number of hydrogen-bond acceptors (Lipinski definition) is 6. The maximum atomic E-state index is 5.61. The van der Waals surface area contributed by atoms with Crippen molar-refractivity contribution in [1.82, 2.24) is 15.0 Å². The molecular formula is C10H17N5O. The Morgan fingerprint density at radius 1 is 1.38 bits per heavy atom. The number of hydrogen-bond donors (Lipinski definition) is 1. The molecule has 1 fully saturated rings. The molecule has 1 atom stereocenters. The third-order valence-corrected chi connectivity index (χ3v) is 2.74. The third-order valence-electron chi connectivity index (χ3n) is 2.74. The van der Waals surface area contributed by atoms with Crippen molar-refractivity contribution in [2.24, 2.45) is 5.92 Å². The van der Waals surface area contributed by atoms with Crippen LogP contribution in [0.4, 0.5) is 11.9 Å². The van der Waals surface area contributed by atoms with E-state index in [4.69, 9.17) is 10.5 Å². The molecule has 6 heteroatoms. The zero-order valence-electron chi connectivity index (χ0n) is 9.68. The maximum Gasteiger partial charge on any atom is 0.322 e. The summed E-state index contributed by atoms with van der Waals surface area (Å²) in [5, 5.41) is 0. The maximum absolute atomic E-state index is 5.61. The van der Waals surface area contributed by atoms with Crippen LogP contribution in [0.5, 0.6) is 6.01 Å². The first-order valence-corrected chi connectivity index (χ1v) is 5.49. The molecule has 0 aliphatic carbocycles. The van der Waals surface area contributed by atoms with Crippen molar-refractivity contribution in [3.8, 4) is 6.01 Å². The molecule has 1 aliphatic heterocycles. The van der Waals surface area contributed by atoms with Gasteiger partial charge in [0, 0.05) is 13.1 Å². The van der Waals surface area contributed by atoms with Gasteiger partial charge in [0.05, 0.1) is 7.11 Å². The van der Waals surface area contributed by atoms with Crippen LogP contribution in [0.3, 0.4) is 0 Å². The number of rotatable bonds is 2. The molecular weight excluding hydrogens is 206 g/mol. The number of nitrogens with two attached hydrogens (primary N) is 1. The Labute approximate surface area is 94.9 Å². The lowest BCUT2D eigenvalue weighted by Crippen LogP contribution is -2.35. The van der Waals surface area contributed by atoms with E-state index in [1.165, 1.54) is 13.5 Å². The molecule has 88 valence electrons. The molecule has 1 aromatic heterocycles. The van der Waals surface area contributed by atoms with Gasteiger partial charge in [-0.2, -0.15) is 15.0 Å². The summed E-state index contributed by atoms with van der Waals surface area (Å²) in [6, 6.07) is 0.278. The highest BCUT2D eigenvalue weighted by Crippen LogP contribution is 2.21. The molecule has 1 aromatic rings. The number of anilines is 2. The first-order valence-electron chi connectivity index (χ1n) is 5.49. The molecule has 2 rings (SSSR count). The van der Waals surface area contributed by atoms with Gasteiger partial charge in [0.1, 0.15) is 0 Å². The van der Waals surface area contributed by atoms with Gasteiger partial charge in [0.25, 0.3) is 0 Å². The fourth-order valence-electron chi connectivity index (χ4n) is 1.96. The van der Waals surface area contributed by atoms with Crippen LogP contribution in [0.25, 0.3) is 0 Å². The number of methoxy groups -OCH3 is 1. The highest BCUT2D eigenvalue weighted by Gasteiger charge is 2.19. The Hall–Kier alpha value is -1.59. The SMILES string of the molecule is COc1nc(N)nc(N2CCCC(C)C2)n1. The lowest BCUT2D eigenvalue weighted by Gasteiger charge is -2.30. The predicted octanol–water partition coefficient (Wildman–Crippen LogP) is 0.699. The van der Waals surface area contributed by atoms with E-state index in [2.05, 4.69) is 26.8 Å². The molecule has 0 amide bonds. The van der Waals surface area contributed by atoms with Gasteiger partial charge in [0.2, 0.25) is 11.9 Å². The van der Waals surface area contributed by atoms with E-state index in [9.17, 15) is 0 Å².